The van der Waals surface area contributed by atoms with Crippen LogP contribution in [0.15, 0.2) is 48.1 Å². The van der Waals surface area contributed by atoms with Crippen LogP contribution in [0.1, 0.15) is 40.0 Å². The van der Waals surface area contributed by atoms with Gasteiger partial charge in [0.05, 0.1) is 0 Å². The van der Waals surface area contributed by atoms with E-state index in [9.17, 15) is 4.79 Å². The van der Waals surface area contributed by atoms with Gasteiger partial charge in [0.2, 0.25) is 0 Å². The van der Waals surface area contributed by atoms with Crippen molar-refractivity contribution >= 4 is 5.78 Å². The number of rotatable bonds is 7. The third-order valence-corrected chi connectivity index (χ3v) is 2.32. The van der Waals surface area contributed by atoms with Gasteiger partial charge in [-0.05, 0) is 39.2 Å². The van der Waals surface area contributed by atoms with Crippen LogP contribution in [0.4, 0.5) is 0 Å². The van der Waals surface area contributed by atoms with Crippen LogP contribution in [-0.2, 0) is 4.79 Å². The molecule has 0 rings (SSSR count). The van der Waals surface area contributed by atoms with Crippen LogP contribution in [0.3, 0.4) is 0 Å². The second-order valence-electron chi connectivity index (χ2n) is 4.20. The molecule has 0 atom stereocenters. The zero-order valence-corrected chi connectivity index (χ0v) is 10.7. The first kappa shape index (κ1) is 14.6. The largest absolute Gasteiger partial charge is 0.294 e. The Labute approximate surface area is 99.3 Å². The monoisotopic (exact) mass is 218 g/mol. The van der Waals surface area contributed by atoms with E-state index in [1.54, 1.807) is 6.08 Å². The van der Waals surface area contributed by atoms with Gasteiger partial charge < -0.3 is 0 Å². The molecule has 0 aromatic rings. The summed E-state index contributed by atoms with van der Waals surface area (Å²) in [6.45, 7) is 13.5. The average Bonchev–Trinajstić information content (AvgIpc) is 2.24. The summed E-state index contributed by atoms with van der Waals surface area (Å²) in [6.07, 6.45) is 7.86. The Morgan fingerprint density at radius 3 is 2.31 bits per heavy atom. The summed E-state index contributed by atoms with van der Waals surface area (Å²) in [6, 6.07) is 0. The maximum atomic E-state index is 11.6. The molecule has 0 aromatic carbocycles. The number of allylic oxidation sites excluding steroid dienone is 6. The van der Waals surface area contributed by atoms with Gasteiger partial charge in [-0.1, -0.05) is 42.5 Å². The van der Waals surface area contributed by atoms with Gasteiger partial charge in [0.1, 0.15) is 0 Å². The number of Topliss-reactive ketones (excluding diaryl/α,β-unsaturated/α-hetero) is 1. The summed E-state index contributed by atoms with van der Waals surface area (Å²) in [5.74, 6) is 0.128. The lowest BCUT2D eigenvalue weighted by atomic mass is 10.0. The maximum Gasteiger partial charge on any atom is 0.162 e. The van der Waals surface area contributed by atoms with Crippen LogP contribution in [0, 0.1) is 0 Å². The minimum atomic E-state index is 0.128. The molecule has 0 fully saturated rings. The molecule has 0 saturated heterocycles. The van der Waals surface area contributed by atoms with Crippen LogP contribution in [0.2, 0.25) is 0 Å². The number of carbonyl (C=O) groups is 1. The van der Waals surface area contributed by atoms with Crippen molar-refractivity contribution in [1.82, 2.24) is 0 Å². The molecule has 0 amide bonds. The molecule has 0 aliphatic carbocycles. The van der Waals surface area contributed by atoms with Crippen molar-refractivity contribution in [3.05, 3.63) is 48.1 Å². The highest BCUT2D eigenvalue weighted by atomic mass is 16.1. The molecule has 0 spiro atoms. The summed E-state index contributed by atoms with van der Waals surface area (Å²) in [5, 5.41) is 0. The molecule has 1 nitrogen and oxygen atoms in total. The molecule has 0 radical (unpaired) electrons. The van der Waals surface area contributed by atoms with E-state index in [1.165, 1.54) is 5.57 Å². The quantitative estimate of drug-likeness (QED) is 0.352. The second kappa shape index (κ2) is 7.86. The molecule has 1 heteroatoms. The third-order valence-electron chi connectivity index (χ3n) is 2.32. The smallest absolute Gasteiger partial charge is 0.162 e. The first-order chi connectivity index (χ1) is 7.47. The lowest BCUT2D eigenvalue weighted by Crippen LogP contribution is -1.99. The predicted molar refractivity (Wildman–Crippen MR) is 71.4 cm³/mol. The summed E-state index contributed by atoms with van der Waals surface area (Å²) in [5.41, 5.74) is 3.03. The van der Waals surface area contributed by atoms with E-state index in [4.69, 9.17) is 0 Å². The Morgan fingerprint density at radius 1 is 1.19 bits per heavy atom. The Hall–Kier alpha value is -1.37. The van der Waals surface area contributed by atoms with Gasteiger partial charge in [0.15, 0.2) is 5.78 Å². The molecule has 0 aromatic heterocycles. The first-order valence-corrected chi connectivity index (χ1v) is 5.61. The molecule has 0 heterocycles. The topological polar surface area (TPSA) is 17.1 Å². The summed E-state index contributed by atoms with van der Waals surface area (Å²) in [4.78, 5) is 11.6. The van der Waals surface area contributed by atoms with Crippen LogP contribution in [0.5, 0.6) is 0 Å². The Kier molecular flexibility index (Phi) is 7.19. The summed E-state index contributed by atoms with van der Waals surface area (Å²) >= 11 is 0. The minimum absolute atomic E-state index is 0.128. The molecule has 16 heavy (non-hydrogen) atoms. The van der Waals surface area contributed by atoms with E-state index < -0.39 is 0 Å². The van der Waals surface area contributed by atoms with Gasteiger partial charge in [-0.3, -0.25) is 4.79 Å². The Bertz CT molecular complexity index is 325. The number of hydrogen-bond donors (Lipinski definition) is 0. The van der Waals surface area contributed by atoms with Crippen molar-refractivity contribution in [3.8, 4) is 0 Å². The van der Waals surface area contributed by atoms with Crippen molar-refractivity contribution in [3.63, 3.8) is 0 Å². The van der Waals surface area contributed by atoms with E-state index >= 15 is 0 Å². The molecule has 0 aliphatic rings. The molecular formula is C15H22O. The van der Waals surface area contributed by atoms with Gasteiger partial charge in [-0.2, -0.15) is 0 Å². The lowest BCUT2D eigenvalue weighted by molar-refractivity contribution is -0.114. The second-order valence-corrected chi connectivity index (χ2v) is 4.20. The van der Waals surface area contributed by atoms with Crippen molar-refractivity contribution in [2.75, 3.05) is 0 Å². The summed E-state index contributed by atoms with van der Waals surface area (Å²) < 4.78 is 0. The molecular weight excluding hydrogens is 196 g/mol. The van der Waals surface area contributed by atoms with E-state index in [0.717, 1.165) is 18.4 Å². The van der Waals surface area contributed by atoms with E-state index in [2.05, 4.69) is 33.1 Å². The lowest BCUT2D eigenvalue weighted by Gasteiger charge is -2.01. The normalized spacial score (nSPS) is 10.8. The first-order valence-electron chi connectivity index (χ1n) is 5.61. The predicted octanol–water partition coefficient (Wildman–Crippen LogP) is 4.38. The van der Waals surface area contributed by atoms with Crippen molar-refractivity contribution in [1.29, 1.82) is 0 Å². The van der Waals surface area contributed by atoms with Crippen LogP contribution < -0.4 is 0 Å². The molecule has 88 valence electrons. The fraction of sp³-hybridized carbons (Fsp3) is 0.400. The van der Waals surface area contributed by atoms with Gasteiger partial charge in [0.25, 0.3) is 0 Å². The minimum Gasteiger partial charge on any atom is -0.294 e. The van der Waals surface area contributed by atoms with E-state index in [1.807, 2.05) is 13.0 Å². The molecule has 0 aliphatic heterocycles. The van der Waals surface area contributed by atoms with Crippen molar-refractivity contribution < 1.29 is 4.79 Å². The van der Waals surface area contributed by atoms with E-state index in [-0.39, 0.29) is 5.78 Å². The number of carbonyl (C=O) groups excluding carboxylic acids is 1. The van der Waals surface area contributed by atoms with Gasteiger partial charge in [-0.25, -0.2) is 0 Å². The third kappa shape index (κ3) is 6.99. The fourth-order valence-electron chi connectivity index (χ4n) is 1.16. The van der Waals surface area contributed by atoms with Crippen LogP contribution >= 0.6 is 0 Å². The standard InChI is InChI=1S/C15H22O/c1-6-13(4)10-11-15(16)14(5)9-7-8-12(2)3/h6,8,10H,1,5,7,9,11H2,2-4H3/b13-10+. The Morgan fingerprint density at radius 2 is 1.81 bits per heavy atom. The highest BCUT2D eigenvalue weighted by Crippen LogP contribution is 2.09. The molecule has 0 saturated carbocycles. The SMILES string of the molecule is C=C/C(C)=C/CC(=O)C(=C)CCC=C(C)C. The zero-order valence-electron chi connectivity index (χ0n) is 10.7. The maximum absolute atomic E-state index is 11.6. The Balaban J connectivity index is 4.06. The molecule has 0 bridgehead atoms. The van der Waals surface area contributed by atoms with Gasteiger partial charge >= 0.3 is 0 Å². The molecule has 0 N–H and O–H groups in total. The van der Waals surface area contributed by atoms with Crippen LogP contribution in [-0.4, -0.2) is 5.78 Å². The highest BCUT2D eigenvalue weighted by molar-refractivity contribution is 5.95. The van der Waals surface area contributed by atoms with Gasteiger partial charge in [-0.15, -0.1) is 0 Å². The fourth-order valence-corrected chi connectivity index (χ4v) is 1.16. The zero-order chi connectivity index (χ0) is 12.6. The average molecular weight is 218 g/mol. The number of hydrogen-bond acceptors (Lipinski definition) is 1. The van der Waals surface area contributed by atoms with Gasteiger partial charge in [0, 0.05) is 6.42 Å². The van der Waals surface area contributed by atoms with E-state index in [0.29, 0.717) is 12.0 Å². The molecule has 0 unspecified atom stereocenters. The highest BCUT2D eigenvalue weighted by Gasteiger charge is 2.04. The van der Waals surface area contributed by atoms with Crippen molar-refractivity contribution in [2.24, 2.45) is 0 Å². The van der Waals surface area contributed by atoms with Crippen LogP contribution in [0.25, 0.3) is 0 Å². The van der Waals surface area contributed by atoms with Crippen molar-refractivity contribution in [2.45, 2.75) is 40.0 Å². The number of ketones is 1. The summed E-state index contributed by atoms with van der Waals surface area (Å²) in [7, 11) is 0.